The zero-order chi connectivity index (χ0) is 7.07. The summed E-state index contributed by atoms with van der Waals surface area (Å²) in [6.07, 6.45) is 1.65. The van der Waals surface area contributed by atoms with Gasteiger partial charge in [0.05, 0.1) is 6.10 Å². The van der Waals surface area contributed by atoms with Crippen molar-refractivity contribution >= 4 is 0 Å². The Morgan fingerprint density at radius 2 is 2.00 bits per heavy atom. The van der Waals surface area contributed by atoms with Crippen LogP contribution < -0.4 is 5.73 Å². The zero-order valence-corrected chi connectivity index (χ0v) is 6.09. The summed E-state index contributed by atoms with van der Waals surface area (Å²) in [5.41, 5.74) is 5.69. The highest BCUT2D eigenvalue weighted by Gasteiger charge is 2.39. The molecular weight excluding hydrogens is 114 g/mol. The number of aliphatic hydroxyl groups excluding tert-OH is 1. The zero-order valence-electron chi connectivity index (χ0n) is 6.09. The van der Waals surface area contributed by atoms with Crippen LogP contribution in [0.5, 0.6) is 0 Å². The van der Waals surface area contributed by atoms with Gasteiger partial charge >= 0.3 is 0 Å². The normalized spacial score (nSPS) is 41.3. The molecule has 1 aliphatic rings. The molecule has 3 N–H and O–H groups in total. The second-order valence-corrected chi connectivity index (χ2v) is 3.52. The monoisotopic (exact) mass is 129 g/mol. The van der Waals surface area contributed by atoms with Crippen LogP contribution in [-0.4, -0.2) is 17.3 Å². The topological polar surface area (TPSA) is 46.2 Å². The molecule has 0 heterocycles. The molecule has 2 nitrogen and oxygen atoms in total. The molecule has 1 fully saturated rings. The fraction of sp³-hybridized carbons (Fsp3) is 1.00. The van der Waals surface area contributed by atoms with E-state index in [0.717, 1.165) is 12.8 Å². The minimum absolute atomic E-state index is 0.0556. The minimum atomic E-state index is -0.188. The predicted molar refractivity (Wildman–Crippen MR) is 37.0 cm³/mol. The Morgan fingerprint density at radius 3 is 2.11 bits per heavy atom. The smallest absolute Gasteiger partial charge is 0.0606 e. The quantitative estimate of drug-likeness (QED) is 0.500. The predicted octanol–water partition coefficient (Wildman–Crippen LogP) is 0.495. The van der Waals surface area contributed by atoms with Crippen molar-refractivity contribution < 1.29 is 5.11 Å². The standard InChI is InChI=1S/C7H15NO/c1-7(2)5(8)3-4-6(7)9/h5-6,9H,3-4,8H2,1-2H3/t5-,6+/m0/s1. The second-order valence-electron chi connectivity index (χ2n) is 3.52. The van der Waals surface area contributed by atoms with Gasteiger partial charge < -0.3 is 10.8 Å². The van der Waals surface area contributed by atoms with Gasteiger partial charge in [0.2, 0.25) is 0 Å². The van der Waals surface area contributed by atoms with Gasteiger partial charge in [-0.3, -0.25) is 0 Å². The molecule has 0 aromatic carbocycles. The molecule has 0 spiro atoms. The summed E-state index contributed by atoms with van der Waals surface area (Å²) >= 11 is 0. The Morgan fingerprint density at radius 1 is 1.44 bits per heavy atom. The lowest BCUT2D eigenvalue weighted by Crippen LogP contribution is -2.38. The molecule has 2 atom stereocenters. The van der Waals surface area contributed by atoms with Crippen molar-refractivity contribution in [1.29, 1.82) is 0 Å². The maximum atomic E-state index is 9.35. The summed E-state index contributed by atoms with van der Waals surface area (Å²) in [7, 11) is 0. The van der Waals surface area contributed by atoms with Crippen LogP contribution in [0.4, 0.5) is 0 Å². The van der Waals surface area contributed by atoms with E-state index >= 15 is 0 Å². The first kappa shape index (κ1) is 7.03. The Balaban J connectivity index is 2.66. The molecule has 0 radical (unpaired) electrons. The largest absolute Gasteiger partial charge is 0.393 e. The second kappa shape index (κ2) is 1.96. The summed E-state index contributed by atoms with van der Waals surface area (Å²) in [4.78, 5) is 0. The Bertz CT molecular complexity index is 99.5. The molecule has 0 unspecified atom stereocenters. The van der Waals surface area contributed by atoms with Crippen LogP contribution >= 0.6 is 0 Å². The number of hydrogen-bond acceptors (Lipinski definition) is 2. The van der Waals surface area contributed by atoms with Crippen molar-refractivity contribution in [2.75, 3.05) is 0 Å². The maximum Gasteiger partial charge on any atom is 0.0606 e. The summed E-state index contributed by atoms with van der Waals surface area (Å²) in [5, 5.41) is 9.35. The average molecular weight is 129 g/mol. The van der Waals surface area contributed by atoms with E-state index in [-0.39, 0.29) is 17.6 Å². The van der Waals surface area contributed by atoms with Crippen LogP contribution in [0.3, 0.4) is 0 Å². The van der Waals surface area contributed by atoms with Crippen molar-refractivity contribution in [3.63, 3.8) is 0 Å². The van der Waals surface area contributed by atoms with Gasteiger partial charge in [-0.15, -0.1) is 0 Å². The summed E-state index contributed by atoms with van der Waals surface area (Å²) < 4.78 is 0. The highest BCUT2D eigenvalue weighted by Crippen LogP contribution is 2.35. The molecule has 1 aliphatic carbocycles. The number of hydrogen-bond donors (Lipinski definition) is 2. The maximum absolute atomic E-state index is 9.35. The van der Waals surface area contributed by atoms with Gasteiger partial charge in [0.1, 0.15) is 0 Å². The molecule has 1 rings (SSSR count). The molecule has 0 saturated heterocycles. The van der Waals surface area contributed by atoms with Gasteiger partial charge in [-0.1, -0.05) is 13.8 Å². The van der Waals surface area contributed by atoms with Gasteiger partial charge in [-0.05, 0) is 12.8 Å². The minimum Gasteiger partial charge on any atom is -0.393 e. The Labute approximate surface area is 56.1 Å². The lowest BCUT2D eigenvalue weighted by molar-refractivity contribution is 0.0718. The fourth-order valence-corrected chi connectivity index (χ4v) is 1.33. The molecule has 9 heavy (non-hydrogen) atoms. The highest BCUT2D eigenvalue weighted by molar-refractivity contribution is 4.94. The molecule has 0 aromatic rings. The fourth-order valence-electron chi connectivity index (χ4n) is 1.33. The molecular formula is C7H15NO. The van der Waals surface area contributed by atoms with Crippen molar-refractivity contribution in [3.05, 3.63) is 0 Å². The summed E-state index contributed by atoms with van der Waals surface area (Å²) in [6, 6.07) is 0.187. The molecule has 1 saturated carbocycles. The molecule has 0 bridgehead atoms. The lowest BCUT2D eigenvalue weighted by atomic mass is 9.86. The molecule has 0 amide bonds. The van der Waals surface area contributed by atoms with Crippen LogP contribution in [0.15, 0.2) is 0 Å². The first-order valence-corrected chi connectivity index (χ1v) is 3.49. The van der Waals surface area contributed by atoms with Gasteiger partial charge in [0.25, 0.3) is 0 Å². The lowest BCUT2D eigenvalue weighted by Gasteiger charge is -2.26. The van der Waals surface area contributed by atoms with Crippen molar-refractivity contribution in [2.24, 2.45) is 11.1 Å². The van der Waals surface area contributed by atoms with E-state index < -0.39 is 0 Å². The molecule has 0 aliphatic heterocycles. The average Bonchev–Trinajstić information content (AvgIpc) is 1.96. The van der Waals surface area contributed by atoms with Crippen LogP contribution in [0.1, 0.15) is 26.7 Å². The Hall–Kier alpha value is -0.0800. The van der Waals surface area contributed by atoms with Crippen molar-refractivity contribution in [2.45, 2.75) is 38.8 Å². The number of aliphatic hydroxyl groups is 1. The number of rotatable bonds is 0. The van der Waals surface area contributed by atoms with E-state index in [1.165, 1.54) is 0 Å². The van der Waals surface area contributed by atoms with Crippen LogP contribution in [-0.2, 0) is 0 Å². The third kappa shape index (κ3) is 0.970. The highest BCUT2D eigenvalue weighted by atomic mass is 16.3. The van der Waals surface area contributed by atoms with Gasteiger partial charge in [-0.25, -0.2) is 0 Å². The van der Waals surface area contributed by atoms with E-state index in [1.54, 1.807) is 0 Å². The van der Waals surface area contributed by atoms with Crippen molar-refractivity contribution in [1.82, 2.24) is 0 Å². The van der Waals surface area contributed by atoms with Gasteiger partial charge in [0.15, 0.2) is 0 Å². The van der Waals surface area contributed by atoms with E-state index in [1.807, 2.05) is 13.8 Å². The first-order valence-electron chi connectivity index (χ1n) is 3.49. The third-order valence-electron chi connectivity index (χ3n) is 2.57. The molecule has 2 heteroatoms. The van der Waals surface area contributed by atoms with Crippen molar-refractivity contribution in [3.8, 4) is 0 Å². The first-order chi connectivity index (χ1) is 4.05. The number of nitrogens with two attached hydrogens (primary N) is 1. The van der Waals surface area contributed by atoms with E-state index in [0.29, 0.717) is 0 Å². The van der Waals surface area contributed by atoms with Crippen LogP contribution in [0.2, 0.25) is 0 Å². The van der Waals surface area contributed by atoms with E-state index in [9.17, 15) is 5.11 Å². The molecule has 0 aromatic heterocycles. The third-order valence-corrected chi connectivity index (χ3v) is 2.57. The van der Waals surface area contributed by atoms with E-state index in [2.05, 4.69) is 0 Å². The van der Waals surface area contributed by atoms with E-state index in [4.69, 9.17) is 5.73 Å². The van der Waals surface area contributed by atoms with Crippen LogP contribution in [0.25, 0.3) is 0 Å². The SMILES string of the molecule is CC1(C)[C@H](O)CC[C@@H]1N. The van der Waals surface area contributed by atoms with Gasteiger partial charge in [0, 0.05) is 11.5 Å². The van der Waals surface area contributed by atoms with Crippen LogP contribution in [0, 0.1) is 5.41 Å². The summed E-state index contributed by atoms with van der Waals surface area (Å²) in [5.74, 6) is 0. The Kier molecular flexibility index (Phi) is 1.53. The summed E-state index contributed by atoms with van der Waals surface area (Å²) in [6.45, 7) is 4.05. The van der Waals surface area contributed by atoms with Gasteiger partial charge in [-0.2, -0.15) is 0 Å². The molecule has 54 valence electrons.